The first-order valence-corrected chi connectivity index (χ1v) is 7.64. The van der Waals surface area contributed by atoms with Crippen LogP contribution in [0.25, 0.3) is 6.08 Å². The Hall–Kier alpha value is -3.15. The third kappa shape index (κ3) is 5.17. The predicted octanol–water partition coefficient (Wildman–Crippen LogP) is 2.52. The number of ether oxygens (including phenoxy) is 1. The van der Waals surface area contributed by atoms with E-state index >= 15 is 0 Å². The van der Waals surface area contributed by atoms with Crippen LogP contribution in [0.15, 0.2) is 48.5 Å². The zero-order chi connectivity index (χ0) is 18.2. The van der Waals surface area contributed by atoms with E-state index in [1.165, 1.54) is 25.3 Å². The van der Waals surface area contributed by atoms with Crippen LogP contribution in [-0.2, 0) is 11.3 Å². The number of amides is 2. The molecule has 5 nitrogen and oxygen atoms in total. The Bertz CT molecular complexity index is 803. The van der Waals surface area contributed by atoms with Gasteiger partial charge in [0.25, 0.3) is 5.91 Å². The van der Waals surface area contributed by atoms with Crippen LogP contribution >= 0.6 is 0 Å². The summed E-state index contributed by atoms with van der Waals surface area (Å²) in [6, 6.07) is 11.3. The van der Waals surface area contributed by atoms with E-state index in [1.54, 1.807) is 37.4 Å². The molecule has 130 valence electrons. The number of benzene rings is 2. The quantitative estimate of drug-likeness (QED) is 0.793. The summed E-state index contributed by atoms with van der Waals surface area (Å²) in [6.07, 6.45) is 2.92. The first-order valence-electron chi connectivity index (χ1n) is 7.64. The van der Waals surface area contributed by atoms with Crippen molar-refractivity contribution in [1.82, 2.24) is 10.6 Å². The predicted molar refractivity (Wildman–Crippen MR) is 93.7 cm³/mol. The minimum Gasteiger partial charge on any atom is -0.494 e. The molecule has 2 N–H and O–H groups in total. The van der Waals surface area contributed by atoms with E-state index in [0.717, 1.165) is 5.56 Å². The third-order valence-electron chi connectivity index (χ3n) is 3.49. The van der Waals surface area contributed by atoms with Crippen molar-refractivity contribution in [2.75, 3.05) is 14.2 Å². The molecule has 0 aliphatic rings. The first kappa shape index (κ1) is 18.2. The Labute approximate surface area is 145 Å². The monoisotopic (exact) mass is 342 g/mol. The van der Waals surface area contributed by atoms with Gasteiger partial charge in [-0.15, -0.1) is 0 Å². The number of rotatable bonds is 6. The molecule has 2 rings (SSSR count). The van der Waals surface area contributed by atoms with Gasteiger partial charge in [-0.25, -0.2) is 4.39 Å². The highest BCUT2D eigenvalue weighted by Crippen LogP contribution is 2.18. The van der Waals surface area contributed by atoms with Crippen LogP contribution in [-0.4, -0.2) is 26.0 Å². The number of hydrogen-bond donors (Lipinski definition) is 2. The fraction of sp³-hybridized carbons (Fsp3) is 0.158. The second-order valence-electron chi connectivity index (χ2n) is 5.22. The molecule has 0 radical (unpaired) electrons. The van der Waals surface area contributed by atoms with Crippen molar-refractivity contribution in [3.8, 4) is 5.75 Å². The smallest absolute Gasteiger partial charge is 0.251 e. The minimum atomic E-state index is -0.458. The fourth-order valence-corrected chi connectivity index (χ4v) is 2.17. The van der Waals surface area contributed by atoms with Gasteiger partial charge < -0.3 is 15.4 Å². The van der Waals surface area contributed by atoms with Crippen molar-refractivity contribution in [3.05, 3.63) is 71.0 Å². The van der Waals surface area contributed by atoms with Gasteiger partial charge in [0.2, 0.25) is 5.91 Å². The van der Waals surface area contributed by atoms with Crippen molar-refractivity contribution in [2.45, 2.75) is 6.54 Å². The lowest BCUT2D eigenvalue weighted by Gasteiger charge is -2.05. The minimum absolute atomic E-state index is 0.119. The average Bonchev–Trinajstić information content (AvgIpc) is 2.65. The average molecular weight is 342 g/mol. The Morgan fingerprint density at radius 3 is 2.72 bits per heavy atom. The molecule has 0 spiro atoms. The Balaban J connectivity index is 1.95. The van der Waals surface area contributed by atoms with Crippen LogP contribution in [0.1, 0.15) is 21.5 Å². The van der Waals surface area contributed by atoms with Gasteiger partial charge in [-0.1, -0.05) is 18.2 Å². The van der Waals surface area contributed by atoms with Gasteiger partial charge in [-0.2, -0.15) is 0 Å². The molecule has 2 aromatic rings. The normalized spacial score (nSPS) is 10.5. The summed E-state index contributed by atoms with van der Waals surface area (Å²) >= 11 is 0. The zero-order valence-corrected chi connectivity index (χ0v) is 14.0. The maximum Gasteiger partial charge on any atom is 0.251 e. The molecule has 2 amide bonds. The summed E-state index contributed by atoms with van der Waals surface area (Å²) in [6.45, 7) is 0.292. The van der Waals surface area contributed by atoms with Crippen molar-refractivity contribution < 1.29 is 18.7 Å². The SMILES string of the molecule is CNC(=O)c1cccc(CNC(=O)C=Cc2ccc(F)c(OC)c2)c1. The van der Waals surface area contributed by atoms with Gasteiger partial charge >= 0.3 is 0 Å². The number of halogens is 1. The maximum absolute atomic E-state index is 13.3. The van der Waals surface area contributed by atoms with E-state index in [-0.39, 0.29) is 17.6 Å². The molecule has 0 heterocycles. The standard InChI is InChI=1S/C19H19FN2O3/c1-21-19(24)15-5-3-4-14(10-15)12-22-18(23)9-7-13-6-8-16(20)17(11-13)25-2/h3-11H,12H2,1-2H3,(H,21,24)(H,22,23). The molecule has 0 saturated carbocycles. The molecule has 6 heteroatoms. The van der Waals surface area contributed by atoms with Gasteiger partial charge in [-0.3, -0.25) is 9.59 Å². The molecule has 0 aliphatic carbocycles. The highest BCUT2D eigenvalue weighted by atomic mass is 19.1. The van der Waals surface area contributed by atoms with Gasteiger partial charge in [-0.05, 0) is 41.5 Å². The summed E-state index contributed by atoms with van der Waals surface area (Å²) < 4.78 is 18.2. The van der Waals surface area contributed by atoms with E-state index < -0.39 is 5.82 Å². The highest BCUT2D eigenvalue weighted by molar-refractivity contribution is 5.94. The van der Waals surface area contributed by atoms with Crippen molar-refractivity contribution in [1.29, 1.82) is 0 Å². The number of carbonyl (C=O) groups is 2. The van der Waals surface area contributed by atoms with E-state index in [0.29, 0.717) is 17.7 Å². The summed E-state index contributed by atoms with van der Waals surface area (Å²) in [4.78, 5) is 23.5. The second-order valence-corrected chi connectivity index (χ2v) is 5.22. The summed E-state index contributed by atoms with van der Waals surface area (Å²) in [5.41, 5.74) is 1.99. The maximum atomic E-state index is 13.3. The topological polar surface area (TPSA) is 67.4 Å². The third-order valence-corrected chi connectivity index (χ3v) is 3.49. The van der Waals surface area contributed by atoms with E-state index in [4.69, 9.17) is 4.74 Å². The van der Waals surface area contributed by atoms with Crippen LogP contribution < -0.4 is 15.4 Å². The van der Waals surface area contributed by atoms with Crippen LogP contribution in [0, 0.1) is 5.82 Å². The first-order chi connectivity index (χ1) is 12.0. The molecule has 0 unspecified atom stereocenters. The molecule has 0 saturated heterocycles. The molecular weight excluding hydrogens is 323 g/mol. The van der Waals surface area contributed by atoms with Crippen LogP contribution in [0.2, 0.25) is 0 Å². The summed E-state index contributed by atoms with van der Waals surface area (Å²) in [5, 5.41) is 5.28. The lowest BCUT2D eigenvalue weighted by atomic mass is 10.1. The molecule has 25 heavy (non-hydrogen) atoms. The molecule has 2 aromatic carbocycles. The van der Waals surface area contributed by atoms with Crippen LogP contribution in [0.5, 0.6) is 5.75 Å². The van der Waals surface area contributed by atoms with Crippen molar-refractivity contribution in [2.24, 2.45) is 0 Å². The van der Waals surface area contributed by atoms with E-state index in [2.05, 4.69) is 10.6 Å². The number of nitrogens with one attached hydrogen (secondary N) is 2. The summed E-state index contributed by atoms with van der Waals surface area (Å²) in [7, 11) is 2.94. The van der Waals surface area contributed by atoms with Crippen molar-refractivity contribution >= 4 is 17.9 Å². The molecule has 0 aromatic heterocycles. The summed E-state index contributed by atoms with van der Waals surface area (Å²) in [5.74, 6) is -0.819. The fourth-order valence-electron chi connectivity index (χ4n) is 2.17. The van der Waals surface area contributed by atoms with Crippen LogP contribution in [0.4, 0.5) is 4.39 Å². The Morgan fingerprint density at radius 1 is 1.20 bits per heavy atom. The Morgan fingerprint density at radius 2 is 2.00 bits per heavy atom. The van der Waals surface area contributed by atoms with Gasteiger partial charge in [0.1, 0.15) is 0 Å². The molecule has 0 bridgehead atoms. The second kappa shape index (κ2) is 8.63. The van der Waals surface area contributed by atoms with E-state index in [9.17, 15) is 14.0 Å². The lowest BCUT2D eigenvalue weighted by molar-refractivity contribution is -0.116. The number of hydrogen-bond acceptors (Lipinski definition) is 3. The molecule has 0 atom stereocenters. The molecule has 0 fully saturated rings. The molecular formula is C19H19FN2O3. The van der Waals surface area contributed by atoms with Gasteiger partial charge in [0.05, 0.1) is 7.11 Å². The largest absolute Gasteiger partial charge is 0.494 e. The zero-order valence-electron chi connectivity index (χ0n) is 14.0. The lowest BCUT2D eigenvalue weighted by Crippen LogP contribution is -2.21. The van der Waals surface area contributed by atoms with E-state index in [1.807, 2.05) is 6.07 Å². The Kier molecular flexibility index (Phi) is 6.28. The van der Waals surface area contributed by atoms with Gasteiger partial charge in [0, 0.05) is 25.2 Å². The highest BCUT2D eigenvalue weighted by Gasteiger charge is 2.05. The van der Waals surface area contributed by atoms with Crippen LogP contribution in [0.3, 0.4) is 0 Å². The van der Waals surface area contributed by atoms with Crippen molar-refractivity contribution in [3.63, 3.8) is 0 Å². The number of carbonyl (C=O) groups excluding carboxylic acids is 2. The van der Waals surface area contributed by atoms with Gasteiger partial charge in [0.15, 0.2) is 11.6 Å². The molecule has 0 aliphatic heterocycles. The number of methoxy groups -OCH3 is 1.